The number of fused-ring (bicyclic) bond motifs is 1. The number of rotatable bonds is 2. The number of anilines is 1. The normalized spacial score (nSPS) is 22.8. The Hall–Kier alpha value is -1.78. The zero-order valence-electron chi connectivity index (χ0n) is 12.0. The number of hydrogen-bond donors (Lipinski definition) is 1. The number of hydrogen-bond acceptors (Lipinski definition) is 3. The quantitative estimate of drug-likeness (QED) is 0.925. The van der Waals surface area contributed by atoms with Crippen molar-refractivity contribution in [2.45, 2.75) is 22.7 Å². The highest BCUT2D eigenvalue weighted by Gasteiger charge is 2.47. The van der Waals surface area contributed by atoms with E-state index in [0.717, 1.165) is 16.1 Å². The largest absolute Gasteiger partial charge is 0.386 e. The number of para-hydroxylation sites is 1. The lowest BCUT2D eigenvalue weighted by atomic mass is 9.94. The van der Waals surface area contributed by atoms with Crippen LogP contribution in [0, 0.1) is 0 Å². The monoisotopic (exact) mass is 299 g/mol. The third kappa shape index (κ3) is 2.24. The van der Waals surface area contributed by atoms with Crippen LogP contribution in [0.25, 0.3) is 0 Å². The Morgan fingerprint density at radius 1 is 1.10 bits per heavy atom. The van der Waals surface area contributed by atoms with Crippen molar-refractivity contribution in [2.24, 2.45) is 0 Å². The molecule has 0 radical (unpaired) electrons. The summed E-state index contributed by atoms with van der Waals surface area (Å²) in [6.07, 6.45) is -0.855. The summed E-state index contributed by atoms with van der Waals surface area (Å²) in [5.41, 5.74) is 1.65. The Labute approximate surface area is 128 Å². The van der Waals surface area contributed by atoms with Gasteiger partial charge in [-0.25, -0.2) is 0 Å². The van der Waals surface area contributed by atoms with Crippen LogP contribution in [0.1, 0.15) is 18.6 Å². The minimum absolute atomic E-state index is 0.0810. The zero-order valence-corrected chi connectivity index (χ0v) is 12.8. The second kappa shape index (κ2) is 5.20. The van der Waals surface area contributed by atoms with Gasteiger partial charge in [0, 0.05) is 11.9 Å². The van der Waals surface area contributed by atoms with Gasteiger partial charge in [0.25, 0.3) is 0 Å². The standard InChI is InChI=1S/C17H17NO2S/c1-17(15(19)12-8-4-3-5-9-12)16(20)18(2)13-10-6-7-11-14(13)21-17/h3-11,15,19H,1-2H3/t15-,17+/m0/s1. The highest BCUT2D eigenvalue weighted by atomic mass is 32.2. The van der Waals surface area contributed by atoms with Gasteiger partial charge in [-0.2, -0.15) is 0 Å². The zero-order chi connectivity index (χ0) is 15.0. The van der Waals surface area contributed by atoms with E-state index >= 15 is 0 Å². The van der Waals surface area contributed by atoms with E-state index in [0.29, 0.717) is 0 Å². The van der Waals surface area contributed by atoms with Gasteiger partial charge in [0.1, 0.15) is 10.9 Å². The highest BCUT2D eigenvalue weighted by molar-refractivity contribution is 8.01. The van der Waals surface area contributed by atoms with Gasteiger partial charge in [0.2, 0.25) is 5.91 Å². The van der Waals surface area contributed by atoms with Crippen LogP contribution in [0.4, 0.5) is 5.69 Å². The molecule has 0 fully saturated rings. The molecule has 108 valence electrons. The molecular formula is C17H17NO2S. The van der Waals surface area contributed by atoms with Crippen LogP contribution in [-0.2, 0) is 4.79 Å². The number of aliphatic hydroxyl groups is 1. The van der Waals surface area contributed by atoms with Gasteiger partial charge in [-0.15, -0.1) is 11.8 Å². The van der Waals surface area contributed by atoms with Crippen LogP contribution in [0.3, 0.4) is 0 Å². The summed E-state index contributed by atoms with van der Waals surface area (Å²) in [4.78, 5) is 15.4. The van der Waals surface area contributed by atoms with E-state index in [1.807, 2.05) is 61.5 Å². The first-order valence-electron chi connectivity index (χ1n) is 6.83. The van der Waals surface area contributed by atoms with E-state index in [-0.39, 0.29) is 5.91 Å². The van der Waals surface area contributed by atoms with E-state index in [9.17, 15) is 9.90 Å². The fraction of sp³-hybridized carbons (Fsp3) is 0.235. The number of benzene rings is 2. The molecule has 2 aromatic rings. The maximum absolute atomic E-state index is 12.8. The van der Waals surface area contributed by atoms with Gasteiger partial charge in [-0.05, 0) is 24.6 Å². The van der Waals surface area contributed by atoms with Crippen molar-refractivity contribution in [3.05, 3.63) is 60.2 Å². The average molecular weight is 299 g/mol. The number of carbonyl (C=O) groups is 1. The molecule has 0 saturated carbocycles. The predicted molar refractivity (Wildman–Crippen MR) is 85.5 cm³/mol. The second-order valence-corrected chi connectivity index (χ2v) is 6.85. The van der Waals surface area contributed by atoms with Crippen LogP contribution < -0.4 is 4.90 Å². The summed E-state index contributed by atoms with van der Waals surface area (Å²) < 4.78 is -0.926. The van der Waals surface area contributed by atoms with E-state index in [1.54, 1.807) is 11.9 Å². The lowest BCUT2D eigenvalue weighted by molar-refractivity contribution is -0.123. The van der Waals surface area contributed by atoms with Crippen molar-refractivity contribution in [1.29, 1.82) is 0 Å². The minimum Gasteiger partial charge on any atom is -0.386 e. The molecule has 1 heterocycles. The molecule has 0 bridgehead atoms. The first kappa shape index (κ1) is 14.2. The lowest BCUT2D eigenvalue weighted by Gasteiger charge is -2.40. The van der Waals surface area contributed by atoms with Crippen molar-refractivity contribution in [3.8, 4) is 0 Å². The van der Waals surface area contributed by atoms with Crippen molar-refractivity contribution >= 4 is 23.4 Å². The van der Waals surface area contributed by atoms with Crippen LogP contribution >= 0.6 is 11.8 Å². The van der Waals surface area contributed by atoms with Crippen molar-refractivity contribution in [2.75, 3.05) is 11.9 Å². The number of thioether (sulfide) groups is 1. The molecule has 0 spiro atoms. The van der Waals surface area contributed by atoms with E-state index < -0.39 is 10.9 Å². The molecule has 1 N–H and O–H groups in total. The van der Waals surface area contributed by atoms with Gasteiger partial charge in [0.05, 0.1) is 5.69 Å². The smallest absolute Gasteiger partial charge is 0.246 e. The number of aliphatic hydroxyl groups excluding tert-OH is 1. The fourth-order valence-electron chi connectivity index (χ4n) is 2.66. The van der Waals surface area contributed by atoms with E-state index in [4.69, 9.17) is 0 Å². The van der Waals surface area contributed by atoms with Gasteiger partial charge < -0.3 is 10.0 Å². The molecule has 3 rings (SSSR count). The first-order chi connectivity index (χ1) is 10.0. The van der Waals surface area contributed by atoms with Crippen molar-refractivity contribution in [3.63, 3.8) is 0 Å². The third-order valence-corrected chi connectivity index (χ3v) is 5.30. The number of nitrogens with zero attached hydrogens (tertiary/aromatic N) is 1. The lowest BCUT2D eigenvalue weighted by Crippen LogP contribution is -2.49. The summed E-state index contributed by atoms with van der Waals surface area (Å²) in [6, 6.07) is 17.1. The molecular weight excluding hydrogens is 282 g/mol. The second-order valence-electron chi connectivity index (χ2n) is 5.35. The predicted octanol–water partition coefficient (Wildman–Crippen LogP) is 3.25. The summed E-state index contributed by atoms with van der Waals surface area (Å²) >= 11 is 1.43. The third-order valence-electron chi connectivity index (χ3n) is 3.91. The van der Waals surface area contributed by atoms with E-state index in [1.165, 1.54) is 11.8 Å². The van der Waals surface area contributed by atoms with E-state index in [2.05, 4.69) is 0 Å². The Bertz CT molecular complexity index is 674. The molecule has 1 amide bonds. The van der Waals surface area contributed by atoms with Gasteiger partial charge >= 0.3 is 0 Å². The number of amides is 1. The van der Waals surface area contributed by atoms with Crippen molar-refractivity contribution in [1.82, 2.24) is 0 Å². The summed E-state index contributed by atoms with van der Waals surface area (Å²) in [5, 5.41) is 10.7. The summed E-state index contributed by atoms with van der Waals surface area (Å²) in [7, 11) is 1.76. The Morgan fingerprint density at radius 2 is 1.71 bits per heavy atom. The molecule has 2 aromatic carbocycles. The SMILES string of the molecule is CN1C(=O)[C@@](C)([C@@H](O)c2ccccc2)Sc2ccccc21. The topological polar surface area (TPSA) is 40.5 Å². The summed E-state index contributed by atoms with van der Waals surface area (Å²) in [5.74, 6) is -0.0810. The molecule has 3 nitrogen and oxygen atoms in total. The molecule has 21 heavy (non-hydrogen) atoms. The van der Waals surface area contributed by atoms with Gasteiger partial charge in [0.15, 0.2) is 0 Å². The van der Waals surface area contributed by atoms with Crippen LogP contribution in [0.5, 0.6) is 0 Å². The molecule has 1 aliphatic rings. The molecule has 2 atom stereocenters. The Morgan fingerprint density at radius 3 is 2.43 bits per heavy atom. The van der Waals surface area contributed by atoms with Crippen LogP contribution in [0.15, 0.2) is 59.5 Å². The maximum atomic E-state index is 12.8. The molecule has 0 unspecified atom stereocenters. The molecule has 0 aliphatic carbocycles. The fourth-order valence-corrected chi connectivity index (χ4v) is 4.05. The molecule has 1 aliphatic heterocycles. The Balaban J connectivity index is 2.04. The van der Waals surface area contributed by atoms with Crippen LogP contribution in [0.2, 0.25) is 0 Å². The molecule has 4 heteroatoms. The highest BCUT2D eigenvalue weighted by Crippen LogP contribution is 2.50. The molecule has 0 aromatic heterocycles. The van der Waals surface area contributed by atoms with Gasteiger partial charge in [-0.3, -0.25) is 4.79 Å². The average Bonchev–Trinajstić information content (AvgIpc) is 2.53. The minimum atomic E-state index is -0.926. The van der Waals surface area contributed by atoms with Crippen LogP contribution in [-0.4, -0.2) is 22.8 Å². The first-order valence-corrected chi connectivity index (χ1v) is 7.65. The summed E-state index contributed by atoms with van der Waals surface area (Å²) in [6.45, 7) is 1.81. The van der Waals surface area contributed by atoms with Gasteiger partial charge in [-0.1, -0.05) is 42.5 Å². The maximum Gasteiger partial charge on any atom is 0.246 e. The molecule has 0 saturated heterocycles. The number of carbonyl (C=O) groups excluding carboxylic acids is 1. The van der Waals surface area contributed by atoms with Crippen molar-refractivity contribution < 1.29 is 9.90 Å². The Kier molecular flexibility index (Phi) is 3.51.